The molecule has 0 aliphatic rings. The number of carbonyl (C=O) groups excluding carboxylic acids is 1. The maximum atomic E-state index is 12.0. The molecule has 0 aromatic carbocycles. The van der Waals surface area contributed by atoms with Crippen LogP contribution in [0, 0.1) is 0 Å². The fraction of sp³-hybridized carbons (Fsp3) is 0.538. The third-order valence-electron chi connectivity index (χ3n) is 2.62. The van der Waals surface area contributed by atoms with Crippen molar-refractivity contribution in [3.8, 4) is 0 Å². The predicted molar refractivity (Wildman–Crippen MR) is 80.5 cm³/mol. The molecule has 1 aromatic heterocycles. The van der Waals surface area contributed by atoms with Crippen molar-refractivity contribution in [1.29, 1.82) is 0 Å². The van der Waals surface area contributed by atoms with Gasteiger partial charge in [-0.25, -0.2) is 4.79 Å². The fourth-order valence-corrected chi connectivity index (χ4v) is 2.71. The molecule has 0 unspecified atom stereocenters. The first-order chi connectivity index (χ1) is 9.20. The quantitative estimate of drug-likeness (QED) is 0.877. The minimum Gasteiger partial charge on any atom is -0.480 e. The molecule has 112 valence electrons. The number of nitrogens with zero attached hydrogens (tertiary/aromatic N) is 1. The summed E-state index contributed by atoms with van der Waals surface area (Å²) in [6, 6.07) is 3.36. The molecule has 0 spiro atoms. The number of hydrogen-bond donors (Lipinski definition) is 2. The number of carboxylic acid groups (broad SMARTS) is 1. The lowest BCUT2D eigenvalue weighted by molar-refractivity contribution is -0.138. The summed E-state index contributed by atoms with van der Waals surface area (Å²) in [4.78, 5) is 25.3. The molecule has 20 heavy (non-hydrogen) atoms. The van der Waals surface area contributed by atoms with E-state index in [4.69, 9.17) is 16.7 Å². The molecule has 0 atom stereocenters. The van der Waals surface area contributed by atoms with Crippen LogP contribution < -0.4 is 5.32 Å². The Morgan fingerprint density at radius 2 is 2.05 bits per heavy atom. The van der Waals surface area contributed by atoms with Crippen molar-refractivity contribution < 1.29 is 14.7 Å². The van der Waals surface area contributed by atoms with Gasteiger partial charge in [-0.1, -0.05) is 11.6 Å². The zero-order valence-corrected chi connectivity index (χ0v) is 13.3. The predicted octanol–water partition coefficient (Wildman–Crippen LogP) is 2.84. The molecule has 1 aromatic rings. The molecule has 0 aliphatic carbocycles. The summed E-state index contributed by atoms with van der Waals surface area (Å²) in [6.07, 6.45) is 0.675. The molecule has 1 heterocycles. The van der Waals surface area contributed by atoms with Gasteiger partial charge in [0.05, 0.1) is 4.34 Å². The highest BCUT2D eigenvalue weighted by atomic mass is 35.5. The Bertz CT molecular complexity index is 482. The molecule has 1 rings (SSSR count). The van der Waals surface area contributed by atoms with E-state index >= 15 is 0 Å². The molecular formula is C13H19ClN2O3S. The number of urea groups is 1. The lowest BCUT2D eigenvalue weighted by Crippen LogP contribution is -2.52. The average Bonchev–Trinajstić information content (AvgIpc) is 2.70. The Kier molecular flexibility index (Phi) is 5.83. The standard InChI is InChI=1S/C13H19ClN2O3S/c1-13(2,3)16(8-11(17)18)12(19)15-7-6-9-4-5-10(14)20-9/h4-5H,6-8H2,1-3H3,(H,15,19)(H,17,18). The van der Waals surface area contributed by atoms with Gasteiger partial charge in [0, 0.05) is 17.0 Å². The third-order valence-corrected chi connectivity index (χ3v) is 3.92. The molecule has 2 N–H and O–H groups in total. The van der Waals surface area contributed by atoms with E-state index in [1.54, 1.807) is 20.8 Å². The SMILES string of the molecule is CC(C)(C)N(CC(=O)O)C(=O)NCCc1ccc(Cl)s1. The summed E-state index contributed by atoms with van der Waals surface area (Å²) in [5.41, 5.74) is -0.547. The summed E-state index contributed by atoms with van der Waals surface area (Å²) in [5, 5.41) is 11.6. The number of thiophene rings is 1. The normalized spacial score (nSPS) is 11.2. The van der Waals surface area contributed by atoms with Crippen LogP contribution in [0.4, 0.5) is 4.79 Å². The molecule has 7 heteroatoms. The summed E-state index contributed by atoms with van der Waals surface area (Å²) < 4.78 is 0.716. The number of nitrogens with one attached hydrogen (secondary N) is 1. The largest absolute Gasteiger partial charge is 0.480 e. The Labute approximate surface area is 127 Å². The fourth-order valence-electron chi connectivity index (χ4n) is 1.62. The van der Waals surface area contributed by atoms with Crippen molar-refractivity contribution in [2.24, 2.45) is 0 Å². The van der Waals surface area contributed by atoms with Gasteiger partial charge < -0.3 is 15.3 Å². The van der Waals surface area contributed by atoms with Gasteiger partial charge in [-0.15, -0.1) is 11.3 Å². The first kappa shape index (κ1) is 16.8. The Morgan fingerprint density at radius 1 is 1.40 bits per heavy atom. The molecule has 5 nitrogen and oxygen atoms in total. The number of aliphatic carboxylic acids is 1. The Hall–Kier alpha value is -1.27. The molecular weight excluding hydrogens is 300 g/mol. The van der Waals surface area contributed by atoms with E-state index in [9.17, 15) is 9.59 Å². The zero-order valence-electron chi connectivity index (χ0n) is 11.8. The van der Waals surface area contributed by atoms with E-state index in [2.05, 4.69) is 5.32 Å². The summed E-state index contributed by atoms with van der Waals surface area (Å²) in [6.45, 7) is 5.53. The van der Waals surface area contributed by atoms with Crippen LogP contribution >= 0.6 is 22.9 Å². The van der Waals surface area contributed by atoms with Crippen molar-refractivity contribution in [3.63, 3.8) is 0 Å². The maximum Gasteiger partial charge on any atom is 0.323 e. The van der Waals surface area contributed by atoms with Crippen molar-refractivity contribution in [2.45, 2.75) is 32.7 Å². The second-order valence-corrected chi connectivity index (χ2v) is 7.14. The third kappa shape index (κ3) is 5.38. The maximum absolute atomic E-state index is 12.0. The molecule has 2 amide bonds. The van der Waals surface area contributed by atoms with Gasteiger partial charge in [0.15, 0.2) is 0 Å². The van der Waals surface area contributed by atoms with Gasteiger partial charge in [0.1, 0.15) is 6.54 Å². The number of halogens is 1. The zero-order chi connectivity index (χ0) is 15.3. The monoisotopic (exact) mass is 318 g/mol. The van der Waals surface area contributed by atoms with E-state index in [1.165, 1.54) is 16.2 Å². The van der Waals surface area contributed by atoms with Crippen molar-refractivity contribution in [1.82, 2.24) is 10.2 Å². The molecule has 0 saturated carbocycles. The highest BCUT2D eigenvalue weighted by molar-refractivity contribution is 7.16. The van der Waals surface area contributed by atoms with Crippen LogP contribution in [-0.2, 0) is 11.2 Å². The van der Waals surface area contributed by atoms with E-state index < -0.39 is 11.5 Å². The summed E-state index contributed by atoms with van der Waals surface area (Å²) >= 11 is 7.30. The minimum absolute atomic E-state index is 0.319. The Balaban J connectivity index is 2.52. The molecule has 0 bridgehead atoms. The molecule has 0 aliphatic heterocycles. The van der Waals surface area contributed by atoms with Crippen molar-refractivity contribution in [2.75, 3.05) is 13.1 Å². The second-order valence-electron chi connectivity index (χ2n) is 5.34. The number of rotatable bonds is 5. The highest BCUT2D eigenvalue weighted by Gasteiger charge is 2.28. The van der Waals surface area contributed by atoms with Crippen LogP contribution in [0.15, 0.2) is 12.1 Å². The lowest BCUT2D eigenvalue weighted by Gasteiger charge is -2.34. The number of carbonyl (C=O) groups is 2. The number of carboxylic acids is 1. The topological polar surface area (TPSA) is 69.6 Å². The average molecular weight is 319 g/mol. The second kappa shape index (κ2) is 6.95. The van der Waals surface area contributed by atoms with Gasteiger partial charge >= 0.3 is 12.0 Å². The van der Waals surface area contributed by atoms with Gasteiger partial charge in [0.2, 0.25) is 0 Å². The van der Waals surface area contributed by atoms with Crippen LogP contribution in [0.3, 0.4) is 0 Å². The van der Waals surface area contributed by atoms with Crippen molar-refractivity contribution >= 4 is 34.9 Å². The van der Waals surface area contributed by atoms with Crippen molar-refractivity contribution in [3.05, 3.63) is 21.3 Å². The van der Waals surface area contributed by atoms with Crippen LogP contribution in [0.25, 0.3) is 0 Å². The smallest absolute Gasteiger partial charge is 0.323 e. The minimum atomic E-state index is -1.03. The van der Waals surface area contributed by atoms with Crippen LogP contribution in [0.5, 0.6) is 0 Å². The Morgan fingerprint density at radius 3 is 2.50 bits per heavy atom. The van der Waals surface area contributed by atoms with Gasteiger partial charge in [-0.05, 0) is 39.3 Å². The van der Waals surface area contributed by atoms with Gasteiger partial charge in [-0.2, -0.15) is 0 Å². The first-order valence-electron chi connectivity index (χ1n) is 6.21. The van der Waals surface area contributed by atoms with Crippen LogP contribution in [0.2, 0.25) is 4.34 Å². The van der Waals surface area contributed by atoms with E-state index in [-0.39, 0.29) is 12.6 Å². The van der Waals surface area contributed by atoms with E-state index in [1.807, 2.05) is 12.1 Å². The van der Waals surface area contributed by atoms with Crippen LogP contribution in [-0.4, -0.2) is 40.6 Å². The highest BCUT2D eigenvalue weighted by Crippen LogP contribution is 2.21. The van der Waals surface area contributed by atoms with Crippen LogP contribution in [0.1, 0.15) is 25.6 Å². The van der Waals surface area contributed by atoms with E-state index in [0.29, 0.717) is 17.3 Å². The number of amides is 2. The molecule has 0 saturated heterocycles. The summed E-state index contributed by atoms with van der Waals surface area (Å²) in [5.74, 6) is -1.03. The summed E-state index contributed by atoms with van der Waals surface area (Å²) in [7, 11) is 0. The van der Waals surface area contributed by atoms with E-state index in [0.717, 1.165) is 4.88 Å². The van der Waals surface area contributed by atoms with Gasteiger partial charge in [-0.3, -0.25) is 4.79 Å². The van der Waals surface area contributed by atoms with Gasteiger partial charge in [0.25, 0.3) is 0 Å². The first-order valence-corrected chi connectivity index (χ1v) is 7.41. The number of hydrogen-bond acceptors (Lipinski definition) is 3. The molecule has 0 radical (unpaired) electrons. The lowest BCUT2D eigenvalue weighted by atomic mass is 10.1. The molecule has 0 fully saturated rings.